The third kappa shape index (κ3) is 3.50. The smallest absolute Gasteiger partial charge is 0.117 e. The van der Waals surface area contributed by atoms with Gasteiger partial charge >= 0.3 is 0 Å². The van der Waals surface area contributed by atoms with Gasteiger partial charge in [0.25, 0.3) is 0 Å². The van der Waals surface area contributed by atoms with Crippen LogP contribution < -0.4 is 0 Å². The predicted molar refractivity (Wildman–Crippen MR) is 74.3 cm³/mol. The van der Waals surface area contributed by atoms with Crippen molar-refractivity contribution >= 4 is 44.5 Å². The lowest BCUT2D eigenvalue weighted by Gasteiger charge is -2.08. The SMILES string of the molecule is CCSc1cc(Br)cnc1C(=NC)SC. The van der Waals surface area contributed by atoms with E-state index in [1.54, 1.807) is 30.6 Å². The molecule has 15 heavy (non-hydrogen) atoms. The Labute approximate surface area is 107 Å². The van der Waals surface area contributed by atoms with Crippen molar-refractivity contribution in [3.8, 4) is 0 Å². The number of hydrogen-bond donors (Lipinski definition) is 0. The van der Waals surface area contributed by atoms with Crippen molar-refractivity contribution in [2.75, 3.05) is 19.1 Å². The zero-order valence-electron chi connectivity index (χ0n) is 8.95. The second-order valence-electron chi connectivity index (χ2n) is 2.67. The summed E-state index contributed by atoms with van der Waals surface area (Å²) in [5.74, 6) is 1.04. The number of hydrogen-bond acceptors (Lipinski definition) is 4. The molecule has 82 valence electrons. The molecule has 0 atom stereocenters. The second kappa shape index (κ2) is 6.55. The van der Waals surface area contributed by atoms with Crippen LogP contribution >= 0.6 is 39.5 Å². The molecule has 1 aromatic rings. The fourth-order valence-corrected chi connectivity index (χ4v) is 3.03. The summed E-state index contributed by atoms with van der Waals surface area (Å²) in [5.41, 5.74) is 0.986. The molecule has 0 saturated heterocycles. The molecule has 0 radical (unpaired) electrons. The summed E-state index contributed by atoms with van der Waals surface area (Å²) in [7, 11) is 1.80. The van der Waals surface area contributed by atoms with Gasteiger partial charge in [-0.15, -0.1) is 23.5 Å². The average Bonchev–Trinajstić information content (AvgIpc) is 2.23. The minimum absolute atomic E-state index is 0.985. The first-order valence-corrected chi connectivity index (χ1v) is 7.52. The van der Waals surface area contributed by atoms with Crippen LogP contribution in [0.5, 0.6) is 0 Å². The summed E-state index contributed by atoms with van der Waals surface area (Å²) >= 11 is 6.85. The van der Waals surface area contributed by atoms with E-state index >= 15 is 0 Å². The molecule has 1 heterocycles. The van der Waals surface area contributed by atoms with E-state index < -0.39 is 0 Å². The number of halogens is 1. The van der Waals surface area contributed by atoms with Crippen LogP contribution in [0.25, 0.3) is 0 Å². The molecule has 0 aliphatic carbocycles. The van der Waals surface area contributed by atoms with Crippen LogP contribution in [0.3, 0.4) is 0 Å². The minimum Gasteiger partial charge on any atom is -0.279 e. The third-order valence-corrected chi connectivity index (χ3v) is 3.83. The molecule has 5 heteroatoms. The van der Waals surface area contributed by atoms with Crippen molar-refractivity contribution in [2.24, 2.45) is 4.99 Å². The first kappa shape index (κ1) is 13.1. The topological polar surface area (TPSA) is 25.2 Å². The van der Waals surface area contributed by atoms with Gasteiger partial charge in [-0.05, 0) is 34.0 Å². The van der Waals surface area contributed by atoms with Gasteiger partial charge in [-0.25, -0.2) is 0 Å². The Morgan fingerprint density at radius 1 is 1.60 bits per heavy atom. The molecule has 0 saturated carbocycles. The number of rotatable bonds is 3. The van der Waals surface area contributed by atoms with Gasteiger partial charge in [0.2, 0.25) is 0 Å². The maximum Gasteiger partial charge on any atom is 0.117 e. The van der Waals surface area contributed by atoms with Crippen molar-refractivity contribution < 1.29 is 0 Å². The van der Waals surface area contributed by atoms with E-state index in [0.717, 1.165) is 21.0 Å². The van der Waals surface area contributed by atoms with Gasteiger partial charge in [-0.2, -0.15) is 0 Å². The molecule has 0 spiro atoms. The van der Waals surface area contributed by atoms with E-state index in [2.05, 4.69) is 38.9 Å². The molecule has 1 aromatic heterocycles. The highest BCUT2D eigenvalue weighted by Crippen LogP contribution is 2.27. The summed E-state index contributed by atoms with van der Waals surface area (Å²) in [6, 6.07) is 2.10. The van der Waals surface area contributed by atoms with Crippen LogP contribution in [-0.4, -0.2) is 29.1 Å². The maximum absolute atomic E-state index is 4.42. The summed E-state index contributed by atoms with van der Waals surface area (Å²) in [6.07, 6.45) is 3.84. The van der Waals surface area contributed by atoms with Gasteiger partial charge in [0.05, 0.1) is 0 Å². The van der Waals surface area contributed by atoms with E-state index in [1.807, 2.05) is 12.5 Å². The quantitative estimate of drug-likeness (QED) is 0.484. The normalized spacial score (nSPS) is 11.9. The molecular formula is C10H13BrN2S2. The highest BCUT2D eigenvalue weighted by Gasteiger charge is 2.10. The Bertz CT molecular complexity index is 366. The molecule has 0 N–H and O–H groups in total. The highest BCUT2D eigenvalue weighted by molar-refractivity contribution is 9.10. The lowest BCUT2D eigenvalue weighted by molar-refractivity contribution is 1.18. The van der Waals surface area contributed by atoms with Gasteiger partial charge in [-0.3, -0.25) is 9.98 Å². The second-order valence-corrected chi connectivity index (χ2v) is 5.68. The monoisotopic (exact) mass is 304 g/mol. The van der Waals surface area contributed by atoms with Gasteiger partial charge in [-0.1, -0.05) is 6.92 Å². The van der Waals surface area contributed by atoms with Crippen LogP contribution in [-0.2, 0) is 0 Å². The van der Waals surface area contributed by atoms with Crippen molar-refractivity contribution in [1.82, 2.24) is 4.98 Å². The molecule has 0 aromatic carbocycles. The molecule has 0 aliphatic rings. The Kier molecular flexibility index (Phi) is 5.71. The largest absolute Gasteiger partial charge is 0.279 e. The average molecular weight is 305 g/mol. The Hall–Kier alpha value is -0.000000000000000111. The van der Waals surface area contributed by atoms with Gasteiger partial charge in [0.1, 0.15) is 10.7 Å². The van der Waals surface area contributed by atoms with Gasteiger partial charge in [0, 0.05) is 22.6 Å². The molecule has 0 fully saturated rings. The van der Waals surface area contributed by atoms with Gasteiger partial charge in [0.15, 0.2) is 0 Å². The third-order valence-electron chi connectivity index (χ3n) is 1.72. The Balaban J connectivity index is 3.15. The Morgan fingerprint density at radius 2 is 2.33 bits per heavy atom. The van der Waals surface area contributed by atoms with Crippen LogP contribution in [0.4, 0.5) is 0 Å². The van der Waals surface area contributed by atoms with Crippen LogP contribution in [0.1, 0.15) is 12.6 Å². The molecule has 0 amide bonds. The summed E-state index contributed by atoms with van der Waals surface area (Å²) in [5, 5.41) is 0.985. The highest BCUT2D eigenvalue weighted by atomic mass is 79.9. The summed E-state index contributed by atoms with van der Waals surface area (Å²) in [6.45, 7) is 2.14. The van der Waals surface area contributed by atoms with Crippen LogP contribution in [0, 0.1) is 0 Å². The van der Waals surface area contributed by atoms with Gasteiger partial charge < -0.3 is 0 Å². The fraction of sp³-hybridized carbons (Fsp3) is 0.400. The lowest BCUT2D eigenvalue weighted by Crippen LogP contribution is -2.01. The fourth-order valence-electron chi connectivity index (χ4n) is 1.14. The Morgan fingerprint density at radius 3 is 2.87 bits per heavy atom. The van der Waals surface area contributed by atoms with Crippen molar-refractivity contribution in [3.05, 3.63) is 22.4 Å². The standard InChI is InChI=1S/C10H13BrN2S2/c1-4-15-8-5-7(11)6-13-9(8)10(12-2)14-3/h5-6H,4H2,1-3H3. The van der Waals surface area contributed by atoms with E-state index in [1.165, 1.54) is 4.90 Å². The zero-order valence-corrected chi connectivity index (χ0v) is 12.2. The number of thioether (sulfide) groups is 2. The van der Waals surface area contributed by atoms with Crippen LogP contribution in [0.2, 0.25) is 0 Å². The van der Waals surface area contributed by atoms with Crippen molar-refractivity contribution in [3.63, 3.8) is 0 Å². The first-order chi connectivity index (χ1) is 7.22. The van der Waals surface area contributed by atoms with E-state index in [-0.39, 0.29) is 0 Å². The maximum atomic E-state index is 4.42. The number of nitrogens with zero attached hydrogens (tertiary/aromatic N) is 2. The molecule has 0 bridgehead atoms. The first-order valence-electron chi connectivity index (χ1n) is 4.52. The molecular weight excluding hydrogens is 292 g/mol. The number of aliphatic imine (C=N–C) groups is 1. The van der Waals surface area contributed by atoms with Crippen LogP contribution in [0.15, 0.2) is 26.6 Å². The number of aromatic nitrogens is 1. The number of pyridine rings is 1. The van der Waals surface area contributed by atoms with E-state index in [0.29, 0.717) is 0 Å². The van der Waals surface area contributed by atoms with Crippen molar-refractivity contribution in [1.29, 1.82) is 0 Å². The predicted octanol–water partition coefficient (Wildman–Crippen LogP) is 3.70. The van der Waals surface area contributed by atoms with E-state index in [4.69, 9.17) is 0 Å². The molecule has 0 unspecified atom stereocenters. The molecule has 0 aliphatic heterocycles. The lowest BCUT2D eigenvalue weighted by atomic mass is 10.4. The molecule has 2 nitrogen and oxygen atoms in total. The van der Waals surface area contributed by atoms with E-state index in [9.17, 15) is 0 Å². The summed E-state index contributed by atoms with van der Waals surface area (Å²) < 4.78 is 1.01. The minimum atomic E-state index is 0.985. The summed E-state index contributed by atoms with van der Waals surface area (Å²) in [4.78, 5) is 9.84. The molecule has 1 rings (SSSR count). The zero-order chi connectivity index (χ0) is 11.3. The van der Waals surface area contributed by atoms with Crippen molar-refractivity contribution in [2.45, 2.75) is 11.8 Å².